The Kier molecular flexibility index (Phi) is 6.56. The fourth-order valence-corrected chi connectivity index (χ4v) is 4.70. The predicted molar refractivity (Wildman–Crippen MR) is 141 cm³/mol. The molecule has 1 saturated heterocycles. The Balaban J connectivity index is 1.50. The summed E-state index contributed by atoms with van der Waals surface area (Å²) in [6.07, 6.45) is 6.00. The van der Waals surface area contributed by atoms with Gasteiger partial charge in [0.15, 0.2) is 5.11 Å². The van der Waals surface area contributed by atoms with E-state index in [1.165, 1.54) is 7.11 Å². The highest BCUT2D eigenvalue weighted by atomic mass is 32.1. The normalized spacial score (nSPS) is 17.3. The molecule has 2 atom stereocenters. The van der Waals surface area contributed by atoms with E-state index in [0.29, 0.717) is 10.8 Å². The van der Waals surface area contributed by atoms with Gasteiger partial charge >= 0.3 is 0 Å². The minimum Gasteiger partial charge on any atom is -0.375 e. The lowest BCUT2D eigenvalue weighted by molar-refractivity contribution is -0.119. The number of nitrogens with one attached hydrogen (secondary N) is 2. The SMILES string of the molecule is COCC(=O)Nc1ccc(N2C(=S)NC(c3ccccn3)C2c2ccn(-c3ccccc3)c2)cc1. The third-order valence-corrected chi connectivity index (χ3v) is 6.23. The van der Waals surface area contributed by atoms with Crippen LogP contribution in [0.1, 0.15) is 23.3 Å². The summed E-state index contributed by atoms with van der Waals surface area (Å²) in [7, 11) is 1.49. The molecule has 5 rings (SSSR count). The zero-order chi connectivity index (χ0) is 24.2. The van der Waals surface area contributed by atoms with E-state index >= 15 is 0 Å². The molecule has 3 heterocycles. The monoisotopic (exact) mass is 483 g/mol. The van der Waals surface area contributed by atoms with Gasteiger partial charge in [0.2, 0.25) is 5.91 Å². The number of pyridine rings is 1. The van der Waals surface area contributed by atoms with Crippen LogP contribution in [0, 0.1) is 0 Å². The first-order valence-corrected chi connectivity index (χ1v) is 11.7. The first-order valence-electron chi connectivity index (χ1n) is 11.3. The average molecular weight is 484 g/mol. The minimum atomic E-state index is -0.200. The molecular formula is C27H25N5O2S. The third-order valence-electron chi connectivity index (χ3n) is 5.91. The van der Waals surface area contributed by atoms with E-state index in [1.807, 2.05) is 60.7 Å². The average Bonchev–Trinajstić information content (AvgIpc) is 3.50. The molecule has 2 aromatic heterocycles. The van der Waals surface area contributed by atoms with Crippen LogP contribution < -0.4 is 15.5 Å². The number of ether oxygens (including phenoxy) is 1. The fraction of sp³-hybridized carbons (Fsp3) is 0.148. The van der Waals surface area contributed by atoms with Gasteiger partial charge < -0.3 is 24.8 Å². The Bertz CT molecular complexity index is 1310. The molecular weight excluding hydrogens is 458 g/mol. The Morgan fingerprint density at radius 3 is 2.51 bits per heavy atom. The fourth-order valence-electron chi connectivity index (χ4n) is 4.35. The summed E-state index contributed by atoms with van der Waals surface area (Å²) in [5.74, 6) is -0.200. The molecule has 1 amide bonds. The summed E-state index contributed by atoms with van der Waals surface area (Å²) in [5.41, 5.74) is 4.72. The van der Waals surface area contributed by atoms with Gasteiger partial charge in [-0.25, -0.2) is 0 Å². The van der Waals surface area contributed by atoms with Crippen LogP contribution in [0.3, 0.4) is 0 Å². The molecule has 4 aromatic rings. The topological polar surface area (TPSA) is 71.4 Å². The molecule has 0 bridgehead atoms. The minimum absolute atomic E-state index is 0.00805. The molecule has 176 valence electrons. The van der Waals surface area contributed by atoms with Crippen molar-refractivity contribution in [2.45, 2.75) is 12.1 Å². The number of anilines is 2. The van der Waals surface area contributed by atoms with Crippen molar-refractivity contribution in [2.24, 2.45) is 0 Å². The third kappa shape index (κ3) is 4.80. The molecule has 1 fully saturated rings. The second-order valence-electron chi connectivity index (χ2n) is 8.21. The second kappa shape index (κ2) is 10.1. The second-order valence-corrected chi connectivity index (χ2v) is 8.60. The van der Waals surface area contributed by atoms with Crippen molar-refractivity contribution >= 4 is 34.6 Å². The van der Waals surface area contributed by atoms with Crippen molar-refractivity contribution in [3.05, 3.63) is 109 Å². The molecule has 0 aliphatic carbocycles. The lowest BCUT2D eigenvalue weighted by atomic mass is 9.98. The van der Waals surface area contributed by atoms with Crippen LogP contribution >= 0.6 is 12.2 Å². The van der Waals surface area contributed by atoms with Gasteiger partial charge in [0.05, 0.1) is 17.8 Å². The Morgan fingerprint density at radius 2 is 1.80 bits per heavy atom. The lowest BCUT2D eigenvalue weighted by Gasteiger charge is -2.27. The van der Waals surface area contributed by atoms with Gasteiger partial charge in [0.1, 0.15) is 6.61 Å². The largest absolute Gasteiger partial charge is 0.375 e. The highest BCUT2D eigenvalue weighted by molar-refractivity contribution is 7.80. The molecule has 7 nitrogen and oxygen atoms in total. The van der Waals surface area contributed by atoms with Gasteiger partial charge in [-0.05, 0) is 72.4 Å². The number of carbonyl (C=O) groups is 1. The number of hydrogen-bond donors (Lipinski definition) is 2. The van der Waals surface area contributed by atoms with Crippen LogP contribution in [-0.2, 0) is 9.53 Å². The lowest BCUT2D eigenvalue weighted by Crippen LogP contribution is -2.29. The van der Waals surface area contributed by atoms with Crippen LogP contribution in [0.5, 0.6) is 0 Å². The smallest absolute Gasteiger partial charge is 0.250 e. The van der Waals surface area contributed by atoms with Gasteiger partial charge in [-0.3, -0.25) is 9.78 Å². The van der Waals surface area contributed by atoms with Crippen LogP contribution in [0.25, 0.3) is 5.69 Å². The summed E-state index contributed by atoms with van der Waals surface area (Å²) in [6.45, 7) is 0.00805. The van der Waals surface area contributed by atoms with E-state index in [1.54, 1.807) is 6.20 Å². The van der Waals surface area contributed by atoms with E-state index in [0.717, 1.165) is 22.6 Å². The van der Waals surface area contributed by atoms with Gasteiger partial charge in [0.25, 0.3) is 0 Å². The van der Waals surface area contributed by atoms with Crippen molar-refractivity contribution in [1.82, 2.24) is 14.9 Å². The van der Waals surface area contributed by atoms with Crippen LogP contribution in [0.2, 0.25) is 0 Å². The number of nitrogens with zero attached hydrogens (tertiary/aromatic N) is 3. The van der Waals surface area contributed by atoms with Gasteiger partial charge in [-0.2, -0.15) is 0 Å². The van der Waals surface area contributed by atoms with Crippen molar-refractivity contribution in [1.29, 1.82) is 0 Å². The molecule has 35 heavy (non-hydrogen) atoms. The maximum absolute atomic E-state index is 11.9. The number of thiocarbonyl (C=S) groups is 1. The number of aromatic nitrogens is 2. The van der Waals surface area contributed by atoms with Crippen molar-refractivity contribution in [2.75, 3.05) is 23.9 Å². The number of benzene rings is 2. The molecule has 2 unspecified atom stereocenters. The maximum Gasteiger partial charge on any atom is 0.250 e. The van der Waals surface area contributed by atoms with Crippen LogP contribution in [-0.4, -0.2) is 34.3 Å². The van der Waals surface area contributed by atoms with Crippen LogP contribution in [0.4, 0.5) is 11.4 Å². The molecule has 2 aromatic carbocycles. The molecule has 0 spiro atoms. The number of carbonyl (C=O) groups excluding carboxylic acids is 1. The van der Waals surface area contributed by atoms with Crippen LogP contribution in [0.15, 0.2) is 97.5 Å². The molecule has 0 radical (unpaired) electrons. The van der Waals surface area contributed by atoms with Crippen molar-refractivity contribution in [3.8, 4) is 5.69 Å². The quantitative estimate of drug-likeness (QED) is 0.374. The molecule has 1 aliphatic rings. The van der Waals surface area contributed by atoms with E-state index in [9.17, 15) is 4.79 Å². The first-order chi connectivity index (χ1) is 17.1. The highest BCUT2D eigenvalue weighted by Gasteiger charge is 2.41. The Labute approximate surface area is 209 Å². The van der Waals surface area contributed by atoms with E-state index in [2.05, 4.69) is 55.7 Å². The van der Waals surface area contributed by atoms with Gasteiger partial charge in [0, 0.05) is 42.8 Å². The summed E-state index contributed by atoms with van der Waals surface area (Å²) >= 11 is 5.81. The van der Waals surface area contributed by atoms with E-state index in [-0.39, 0.29) is 24.6 Å². The number of rotatable bonds is 7. The van der Waals surface area contributed by atoms with Gasteiger partial charge in [-0.15, -0.1) is 0 Å². The van der Waals surface area contributed by atoms with E-state index < -0.39 is 0 Å². The summed E-state index contributed by atoms with van der Waals surface area (Å²) in [6, 6.07) is 25.6. The zero-order valence-corrected chi connectivity index (χ0v) is 20.0. The van der Waals surface area contributed by atoms with Crippen molar-refractivity contribution < 1.29 is 9.53 Å². The Hall–Kier alpha value is -4.01. The van der Waals surface area contributed by atoms with Crippen molar-refractivity contribution in [3.63, 3.8) is 0 Å². The number of hydrogen-bond acceptors (Lipinski definition) is 4. The molecule has 0 saturated carbocycles. The van der Waals surface area contributed by atoms with E-state index in [4.69, 9.17) is 17.0 Å². The standard InChI is InChI=1S/C27H25N5O2S/c1-34-18-24(33)29-20-10-12-22(13-11-20)32-26(25(30-27(32)35)23-9-5-6-15-28-23)19-14-16-31(17-19)21-7-3-2-4-8-21/h2-17,25-26H,18H2,1H3,(H,29,33)(H,30,35). The van der Waals surface area contributed by atoms with Gasteiger partial charge in [-0.1, -0.05) is 24.3 Å². The first kappa shape index (κ1) is 22.8. The summed E-state index contributed by atoms with van der Waals surface area (Å²) < 4.78 is 7.00. The Morgan fingerprint density at radius 1 is 1.03 bits per heavy atom. The molecule has 1 aliphatic heterocycles. The number of para-hydroxylation sites is 1. The molecule has 2 N–H and O–H groups in total. The molecule has 8 heteroatoms. The summed E-state index contributed by atoms with van der Waals surface area (Å²) in [5, 5.41) is 6.93. The summed E-state index contributed by atoms with van der Waals surface area (Å²) in [4.78, 5) is 18.6. The highest BCUT2D eigenvalue weighted by Crippen LogP contribution is 2.42. The predicted octanol–water partition coefficient (Wildman–Crippen LogP) is 4.63. The maximum atomic E-state index is 11.9. The number of amides is 1. The zero-order valence-electron chi connectivity index (χ0n) is 19.2. The number of methoxy groups -OCH3 is 1.